The van der Waals surface area contributed by atoms with E-state index in [1.54, 1.807) is 32.2 Å². The number of amides is 1. The first-order chi connectivity index (χ1) is 14.9. The van der Waals surface area contributed by atoms with Crippen molar-refractivity contribution in [3.63, 3.8) is 0 Å². The summed E-state index contributed by atoms with van der Waals surface area (Å²) >= 11 is 0. The molecule has 0 bridgehead atoms. The van der Waals surface area contributed by atoms with E-state index in [2.05, 4.69) is 5.32 Å². The van der Waals surface area contributed by atoms with Gasteiger partial charge in [-0.15, -0.1) is 0 Å². The van der Waals surface area contributed by atoms with Gasteiger partial charge in [0.2, 0.25) is 5.91 Å². The molecule has 1 N–H and O–H groups in total. The summed E-state index contributed by atoms with van der Waals surface area (Å²) in [6, 6.07) is 12.6. The Morgan fingerprint density at radius 1 is 1.00 bits per heavy atom. The maximum Gasteiger partial charge on any atom is 0.315 e. The van der Waals surface area contributed by atoms with Crippen LogP contribution < -0.4 is 19.5 Å². The molecule has 2 aromatic rings. The summed E-state index contributed by atoms with van der Waals surface area (Å²) in [5.74, 6) is 0.497. The molecule has 7 nitrogen and oxygen atoms in total. The maximum absolute atomic E-state index is 12.6. The van der Waals surface area contributed by atoms with E-state index in [-0.39, 0.29) is 31.6 Å². The number of methoxy groups -OCH3 is 2. The van der Waals surface area contributed by atoms with Crippen LogP contribution in [-0.4, -0.2) is 45.4 Å². The summed E-state index contributed by atoms with van der Waals surface area (Å²) in [5.41, 5.74) is 1.50. The maximum atomic E-state index is 12.6. The van der Waals surface area contributed by atoms with Crippen molar-refractivity contribution in [2.75, 3.05) is 27.4 Å². The highest BCUT2D eigenvalue weighted by Crippen LogP contribution is 2.31. The molecule has 31 heavy (non-hydrogen) atoms. The van der Waals surface area contributed by atoms with Crippen LogP contribution in [0.15, 0.2) is 42.5 Å². The Morgan fingerprint density at radius 2 is 1.74 bits per heavy atom. The van der Waals surface area contributed by atoms with Crippen molar-refractivity contribution in [1.29, 1.82) is 0 Å². The van der Waals surface area contributed by atoms with Crippen LogP contribution in [0, 0.1) is 0 Å². The topological polar surface area (TPSA) is 83.1 Å². The van der Waals surface area contributed by atoms with Crippen molar-refractivity contribution < 1.29 is 28.5 Å². The molecule has 0 heterocycles. The van der Waals surface area contributed by atoms with Crippen LogP contribution in [0.25, 0.3) is 0 Å². The van der Waals surface area contributed by atoms with Crippen LogP contribution in [0.1, 0.15) is 37.8 Å². The summed E-state index contributed by atoms with van der Waals surface area (Å²) < 4.78 is 21.5. The predicted molar refractivity (Wildman–Crippen MR) is 118 cm³/mol. The Labute approximate surface area is 183 Å². The number of benzene rings is 2. The number of esters is 1. The van der Waals surface area contributed by atoms with Crippen LogP contribution in [0.4, 0.5) is 0 Å². The first-order valence-electron chi connectivity index (χ1n) is 10.3. The van der Waals surface area contributed by atoms with Gasteiger partial charge in [-0.25, -0.2) is 0 Å². The number of hydrogen-bond acceptors (Lipinski definition) is 6. The zero-order valence-corrected chi connectivity index (χ0v) is 18.8. The second-order valence-corrected chi connectivity index (χ2v) is 7.21. The van der Waals surface area contributed by atoms with Gasteiger partial charge in [0.1, 0.15) is 5.75 Å². The minimum Gasteiger partial charge on any atom is -0.493 e. The van der Waals surface area contributed by atoms with Crippen molar-refractivity contribution in [3.8, 4) is 17.2 Å². The van der Waals surface area contributed by atoms with Gasteiger partial charge in [0, 0.05) is 6.54 Å². The molecule has 0 saturated carbocycles. The van der Waals surface area contributed by atoms with E-state index in [0.29, 0.717) is 17.1 Å². The van der Waals surface area contributed by atoms with E-state index in [9.17, 15) is 9.59 Å². The number of ether oxygens (including phenoxy) is 4. The van der Waals surface area contributed by atoms with Gasteiger partial charge >= 0.3 is 5.97 Å². The fraction of sp³-hybridized carbons (Fsp3) is 0.417. The van der Waals surface area contributed by atoms with Gasteiger partial charge < -0.3 is 24.3 Å². The smallest absolute Gasteiger partial charge is 0.315 e. The Bertz CT molecular complexity index is 880. The molecule has 0 radical (unpaired) electrons. The number of nitrogens with one attached hydrogen (secondary N) is 1. The summed E-state index contributed by atoms with van der Waals surface area (Å²) in [5, 5.41) is 2.84. The fourth-order valence-corrected chi connectivity index (χ4v) is 3.11. The van der Waals surface area contributed by atoms with Crippen LogP contribution in [0.2, 0.25) is 0 Å². The highest BCUT2D eigenvalue weighted by atomic mass is 16.5. The Balaban J connectivity index is 2.10. The largest absolute Gasteiger partial charge is 0.493 e. The van der Waals surface area contributed by atoms with Gasteiger partial charge in [-0.3, -0.25) is 9.59 Å². The van der Waals surface area contributed by atoms with Gasteiger partial charge in [0.05, 0.1) is 39.3 Å². The second-order valence-electron chi connectivity index (χ2n) is 7.21. The number of carbonyl (C=O) groups is 2. The molecule has 0 aliphatic rings. The lowest BCUT2D eigenvalue weighted by Gasteiger charge is -2.18. The molecule has 1 amide bonds. The third-order valence-corrected chi connectivity index (χ3v) is 4.52. The summed E-state index contributed by atoms with van der Waals surface area (Å²) in [7, 11) is 3.07. The minimum absolute atomic E-state index is 0.0518. The molecule has 2 rings (SSSR count). The van der Waals surface area contributed by atoms with E-state index >= 15 is 0 Å². The Kier molecular flexibility index (Phi) is 9.18. The lowest BCUT2D eigenvalue weighted by Crippen LogP contribution is -2.33. The molecular formula is C24H31NO6. The average molecular weight is 430 g/mol. The normalized spacial score (nSPS) is 11.5. The summed E-state index contributed by atoms with van der Waals surface area (Å²) in [6.07, 6.45) is 0.229. The van der Waals surface area contributed by atoms with Crippen molar-refractivity contribution in [2.45, 2.75) is 39.2 Å². The van der Waals surface area contributed by atoms with Gasteiger partial charge in [-0.2, -0.15) is 0 Å². The zero-order valence-electron chi connectivity index (χ0n) is 18.8. The third-order valence-electron chi connectivity index (χ3n) is 4.52. The summed E-state index contributed by atoms with van der Waals surface area (Å²) in [4.78, 5) is 25.1. The van der Waals surface area contributed by atoms with Crippen LogP contribution in [0.3, 0.4) is 0 Å². The first-order valence-corrected chi connectivity index (χ1v) is 10.3. The minimum atomic E-state index is -0.667. The van der Waals surface area contributed by atoms with Crippen molar-refractivity contribution >= 4 is 11.9 Å². The van der Waals surface area contributed by atoms with E-state index in [1.165, 1.54) is 7.11 Å². The molecule has 0 aromatic heterocycles. The molecule has 1 unspecified atom stereocenters. The van der Waals surface area contributed by atoms with Crippen LogP contribution >= 0.6 is 0 Å². The molecule has 0 aliphatic carbocycles. The van der Waals surface area contributed by atoms with Crippen molar-refractivity contribution in [1.82, 2.24) is 5.32 Å². The molecule has 0 fully saturated rings. The number of rotatable bonds is 11. The average Bonchev–Trinajstić information content (AvgIpc) is 2.73. The monoisotopic (exact) mass is 429 g/mol. The van der Waals surface area contributed by atoms with Gasteiger partial charge in [-0.05, 0) is 56.2 Å². The number of carbonyl (C=O) groups excluding carboxylic acids is 2. The third kappa shape index (κ3) is 7.20. The molecule has 1 atom stereocenters. The van der Waals surface area contributed by atoms with Gasteiger partial charge in [0.15, 0.2) is 11.5 Å². The standard InChI is InChI=1S/C24H31NO6/c1-6-30-24(27)20(18-10-11-21(28-4)22(14-18)29-5)15-25-23(26)13-17-8-7-9-19(12-17)31-16(2)3/h7-12,14,16,20H,6,13,15H2,1-5H3,(H,25,26). The predicted octanol–water partition coefficient (Wildman–Crippen LogP) is 3.50. The summed E-state index contributed by atoms with van der Waals surface area (Å²) in [6.45, 7) is 6.00. The lowest BCUT2D eigenvalue weighted by atomic mass is 9.98. The molecule has 0 saturated heterocycles. The van der Waals surface area contributed by atoms with Crippen LogP contribution in [-0.2, 0) is 20.7 Å². The van der Waals surface area contributed by atoms with Gasteiger partial charge in [0.25, 0.3) is 0 Å². The first kappa shape index (κ1) is 24.1. The van der Waals surface area contributed by atoms with E-state index in [0.717, 1.165) is 11.3 Å². The molecular weight excluding hydrogens is 398 g/mol. The highest BCUT2D eigenvalue weighted by Gasteiger charge is 2.24. The van der Waals surface area contributed by atoms with E-state index < -0.39 is 11.9 Å². The van der Waals surface area contributed by atoms with Crippen molar-refractivity contribution in [3.05, 3.63) is 53.6 Å². The lowest BCUT2D eigenvalue weighted by molar-refractivity contribution is -0.144. The molecule has 168 valence electrons. The fourth-order valence-electron chi connectivity index (χ4n) is 3.11. The SMILES string of the molecule is CCOC(=O)C(CNC(=O)Cc1cccc(OC(C)C)c1)c1ccc(OC)c(OC)c1. The molecule has 2 aromatic carbocycles. The van der Waals surface area contributed by atoms with E-state index in [4.69, 9.17) is 18.9 Å². The molecule has 0 aliphatic heterocycles. The van der Waals surface area contributed by atoms with Crippen molar-refractivity contribution in [2.24, 2.45) is 0 Å². The molecule has 0 spiro atoms. The molecule has 7 heteroatoms. The Hall–Kier alpha value is -3.22. The quantitative estimate of drug-likeness (QED) is 0.551. The second kappa shape index (κ2) is 11.8. The van der Waals surface area contributed by atoms with Crippen LogP contribution in [0.5, 0.6) is 17.2 Å². The van der Waals surface area contributed by atoms with E-state index in [1.807, 2.05) is 38.1 Å². The highest BCUT2D eigenvalue weighted by molar-refractivity contribution is 5.82. The zero-order chi connectivity index (χ0) is 22.8. The van der Waals surface area contributed by atoms with Gasteiger partial charge in [-0.1, -0.05) is 18.2 Å². The number of hydrogen-bond donors (Lipinski definition) is 1. The Morgan fingerprint density at radius 3 is 2.39 bits per heavy atom.